The molecule has 2 N–H and O–H groups in total. The van der Waals surface area contributed by atoms with Gasteiger partial charge in [-0.05, 0) is 25.3 Å². The van der Waals surface area contributed by atoms with Crippen LogP contribution in [0.4, 0.5) is 0 Å². The Hall–Kier alpha value is -1.58. The maximum atomic E-state index is 11.0. The first-order chi connectivity index (χ1) is 8.67. The predicted molar refractivity (Wildman–Crippen MR) is 71.6 cm³/mol. The Kier molecular flexibility index (Phi) is 6.19. The van der Waals surface area contributed by atoms with Crippen molar-refractivity contribution in [1.82, 2.24) is 4.98 Å². The minimum absolute atomic E-state index is 0.182. The van der Waals surface area contributed by atoms with Crippen LogP contribution in [-0.2, 0) is 0 Å². The third-order valence-electron chi connectivity index (χ3n) is 2.89. The van der Waals surface area contributed by atoms with Gasteiger partial charge in [0.2, 0.25) is 5.91 Å². The third-order valence-corrected chi connectivity index (χ3v) is 2.89. The molecule has 1 heterocycles. The molecule has 4 nitrogen and oxygen atoms in total. The first kappa shape index (κ1) is 14.5. The van der Waals surface area contributed by atoms with Crippen LogP contribution in [0.3, 0.4) is 0 Å². The molecule has 0 fully saturated rings. The lowest BCUT2D eigenvalue weighted by atomic mass is 10.1. The normalized spacial score (nSPS) is 12.1. The van der Waals surface area contributed by atoms with Gasteiger partial charge in [0.1, 0.15) is 5.75 Å². The Bertz CT molecular complexity index is 380. The zero-order valence-electron chi connectivity index (χ0n) is 11.2. The first-order valence-corrected chi connectivity index (χ1v) is 6.58. The number of carbonyl (C=O) groups is 1. The standard InChI is InChI=1S/C14H22N2O2/c1-3-5-6-7-12(4-2)18-13-8-11(14(15)17)9-16-10-13/h8-10,12H,3-7H2,1-2H3,(H2,15,17). The summed E-state index contributed by atoms with van der Waals surface area (Å²) in [7, 11) is 0. The highest BCUT2D eigenvalue weighted by atomic mass is 16.5. The van der Waals surface area contributed by atoms with E-state index in [4.69, 9.17) is 10.5 Å². The number of unbranched alkanes of at least 4 members (excludes halogenated alkanes) is 2. The summed E-state index contributed by atoms with van der Waals surface area (Å²) in [6, 6.07) is 1.65. The van der Waals surface area contributed by atoms with E-state index >= 15 is 0 Å². The number of rotatable bonds is 8. The molecule has 0 saturated heterocycles. The Balaban J connectivity index is 2.58. The molecular formula is C14H22N2O2. The Morgan fingerprint density at radius 1 is 1.39 bits per heavy atom. The van der Waals surface area contributed by atoms with E-state index in [9.17, 15) is 4.79 Å². The molecule has 0 aliphatic carbocycles. The van der Waals surface area contributed by atoms with Crippen LogP contribution in [0, 0.1) is 0 Å². The number of hydrogen-bond donors (Lipinski definition) is 1. The maximum absolute atomic E-state index is 11.0. The van der Waals surface area contributed by atoms with Gasteiger partial charge in [-0.2, -0.15) is 0 Å². The van der Waals surface area contributed by atoms with E-state index in [-0.39, 0.29) is 6.10 Å². The quantitative estimate of drug-likeness (QED) is 0.721. The average Bonchev–Trinajstić information content (AvgIpc) is 2.38. The van der Waals surface area contributed by atoms with Gasteiger partial charge in [-0.1, -0.05) is 26.7 Å². The number of aromatic nitrogens is 1. The molecule has 0 radical (unpaired) electrons. The monoisotopic (exact) mass is 250 g/mol. The Labute approximate surface area is 109 Å². The largest absolute Gasteiger partial charge is 0.489 e. The van der Waals surface area contributed by atoms with Gasteiger partial charge in [-0.15, -0.1) is 0 Å². The van der Waals surface area contributed by atoms with Gasteiger partial charge in [0.25, 0.3) is 0 Å². The molecule has 1 atom stereocenters. The maximum Gasteiger partial charge on any atom is 0.250 e. The minimum atomic E-state index is -0.480. The summed E-state index contributed by atoms with van der Waals surface area (Å²) in [6.45, 7) is 4.28. The zero-order valence-corrected chi connectivity index (χ0v) is 11.2. The molecule has 1 aromatic heterocycles. The molecule has 18 heavy (non-hydrogen) atoms. The minimum Gasteiger partial charge on any atom is -0.489 e. The number of pyridine rings is 1. The lowest BCUT2D eigenvalue weighted by Gasteiger charge is -2.17. The van der Waals surface area contributed by atoms with Crippen LogP contribution in [0.25, 0.3) is 0 Å². The number of nitrogens with zero attached hydrogens (tertiary/aromatic N) is 1. The number of hydrogen-bond acceptors (Lipinski definition) is 3. The van der Waals surface area contributed by atoms with Gasteiger partial charge >= 0.3 is 0 Å². The van der Waals surface area contributed by atoms with Crippen molar-refractivity contribution in [2.75, 3.05) is 0 Å². The van der Waals surface area contributed by atoms with E-state index < -0.39 is 5.91 Å². The van der Waals surface area contributed by atoms with Crippen LogP contribution in [0.5, 0.6) is 5.75 Å². The molecule has 1 rings (SSSR count). The highest BCUT2D eigenvalue weighted by Gasteiger charge is 2.09. The van der Waals surface area contributed by atoms with Crippen molar-refractivity contribution in [2.24, 2.45) is 5.73 Å². The van der Waals surface area contributed by atoms with Crippen LogP contribution >= 0.6 is 0 Å². The molecule has 1 aromatic rings. The molecule has 0 aliphatic heterocycles. The highest BCUT2D eigenvalue weighted by Crippen LogP contribution is 2.17. The summed E-state index contributed by atoms with van der Waals surface area (Å²) in [5.41, 5.74) is 5.59. The van der Waals surface area contributed by atoms with Crippen molar-refractivity contribution in [3.05, 3.63) is 24.0 Å². The molecule has 0 aliphatic rings. The molecule has 0 spiro atoms. The second kappa shape index (κ2) is 7.69. The zero-order chi connectivity index (χ0) is 13.4. The van der Waals surface area contributed by atoms with Crippen molar-refractivity contribution < 1.29 is 9.53 Å². The van der Waals surface area contributed by atoms with Crippen LogP contribution in [0.15, 0.2) is 18.5 Å². The molecule has 4 heteroatoms. The molecule has 100 valence electrons. The van der Waals surface area contributed by atoms with Crippen LogP contribution in [0.1, 0.15) is 56.3 Å². The van der Waals surface area contributed by atoms with Crippen molar-refractivity contribution in [2.45, 2.75) is 52.1 Å². The second-order valence-corrected chi connectivity index (χ2v) is 4.42. The van der Waals surface area contributed by atoms with E-state index in [0.29, 0.717) is 11.3 Å². The summed E-state index contributed by atoms with van der Waals surface area (Å²) in [4.78, 5) is 15.0. The van der Waals surface area contributed by atoms with E-state index in [1.165, 1.54) is 19.0 Å². The van der Waals surface area contributed by atoms with Crippen molar-refractivity contribution in [3.8, 4) is 5.75 Å². The van der Waals surface area contributed by atoms with Crippen LogP contribution in [0.2, 0.25) is 0 Å². The van der Waals surface area contributed by atoms with E-state index in [0.717, 1.165) is 19.3 Å². The number of carbonyl (C=O) groups excluding carboxylic acids is 1. The van der Waals surface area contributed by atoms with Gasteiger partial charge in [-0.25, -0.2) is 0 Å². The van der Waals surface area contributed by atoms with Crippen molar-refractivity contribution >= 4 is 5.91 Å². The topological polar surface area (TPSA) is 65.2 Å². The summed E-state index contributed by atoms with van der Waals surface area (Å²) in [5.74, 6) is 0.140. The molecular weight excluding hydrogens is 228 g/mol. The number of primary amides is 1. The molecule has 1 unspecified atom stereocenters. The van der Waals surface area contributed by atoms with Gasteiger partial charge < -0.3 is 10.5 Å². The SMILES string of the molecule is CCCCCC(CC)Oc1cncc(C(N)=O)c1. The predicted octanol–water partition coefficient (Wildman–Crippen LogP) is 2.92. The molecule has 1 amide bonds. The first-order valence-electron chi connectivity index (χ1n) is 6.58. The van der Waals surface area contributed by atoms with Crippen molar-refractivity contribution in [1.29, 1.82) is 0 Å². The van der Waals surface area contributed by atoms with Crippen molar-refractivity contribution in [3.63, 3.8) is 0 Å². The average molecular weight is 250 g/mol. The van der Waals surface area contributed by atoms with E-state index in [1.807, 2.05) is 0 Å². The van der Waals surface area contributed by atoms with Crippen LogP contribution < -0.4 is 10.5 Å². The fraction of sp³-hybridized carbons (Fsp3) is 0.571. The van der Waals surface area contributed by atoms with E-state index in [2.05, 4.69) is 18.8 Å². The number of amides is 1. The lowest BCUT2D eigenvalue weighted by molar-refractivity contribution is 0.0998. The fourth-order valence-electron chi connectivity index (χ4n) is 1.78. The fourth-order valence-corrected chi connectivity index (χ4v) is 1.78. The van der Waals surface area contributed by atoms with Gasteiger partial charge in [0, 0.05) is 6.20 Å². The van der Waals surface area contributed by atoms with Gasteiger partial charge in [0.05, 0.1) is 17.9 Å². The number of nitrogens with two attached hydrogens (primary N) is 1. The van der Waals surface area contributed by atoms with Crippen LogP contribution in [-0.4, -0.2) is 17.0 Å². The van der Waals surface area contributed by atoms with Gasteiger partial charge in [0.15, 0.2) is 0 Å². The van der Waals surface area contributed by atoms with E-state index in [1.54, 1.807) is 12.3 Å². The summed E-state index contributed by atoms with van der Waals surface area (Å²) >= 11 is 0. The lowest BCUT2D eigenvalue weighted by Crippen LogP contribution is -2.16. The highest BCUT2D eigenvalue weighted by molar-refractivity contribution is 5.92. The third kappa shape index (κ3) is 4.73. The van der Waals surface area contributed by atoms with Gasteiger partial charge in [-0.3, -0.25) is 9.78 Å². The molecule has 0 bridgehead atoms. The molecule has 0 aromatic carbocycles. The Morgan fingerprint density at radius 3 is 2.78 bits per heavy atom. The number of ether oxygens (including phenoxy) is 1. The molecule has 0 saturated carbocycles. The summed E-state index contributed by atoms with van der Waals surface area (Å²) < 4.78 is 5.83. The Morgan fingerprint density at radius 2 is 2.17 bits per heavy atom. The smallest absolute Gasteiger partial charge is 0.250 e. The summed E-state index contributed by atoms with van der Waals surface area (Å²) in [6.07, 6.45) is 8.83. The summed E-state index contributed by atoms with van der Waals surface area (Å²) in [5, 5.41) is 0. The second-order valence-electron chi connectivity index (χ2n) is 4.42.